The lowest BCUT2D eigenvalue weighted by Crippen LogP contribution is -2.34. The molecule has 1 aromatic heterocycles. The molecule has 1 rings (SSSR count). The molecule has 2 amide bonds. The van der Waals surface area contributed by atoms with E-state index in [2.05, 4.69) is 26.6 Å². The van der Waals surface area contributed by atoms with E-state index in [0.29, 0.717) is 12.2 Å². The maximum atomic E-state index is 11.8. The predicted octanol–water partition coefficient (Wildman–Crippen LogP) is 1.43. The number of halogens is 1. The molecule has 0 atom stereocenters. The fourth-order valence-electron chi connectivity index (χ4n) is 1.52. The number of nitrogens with zero attached hydrogens (tertiary/aromatic N) is 1. The highest BCUT2D eigenvalue weighted by molar-refractivity contribution is 9.10. The van der Waals surface area contributed by atoms with Crippen LogP contribution in [0.5, 0.6) is 0 Å². The molecule has 1 aromatic rings. The van der Waals surface area contributed by atoms with Crippen molar-refractivity contribution in [1.82, 2.24) is 15.2 Å². The second-order valence-electron chi connectivity index (χ2n) is 4.38. The van der Waals surface area contributed by atoms with Gasteiger partial charge in [-0.25, -0.2) is 0 Å². The molecule has 5 nitrogen and oxygen atoms in total. The molecule has 100 valence electrons. The molecule has 0 spiro atoms. The third-order valence-electron chi connectivity index (χ3n) is 2.29. The first-order valence-electron chi connectivity index (χ1n) is 5.79. The van der Waals surface area contributed by atoms with Crippen molar-refractivity contribution in [3.63, 3.8) is 0 Å². The minimum absolute atomic E-state index is 0.0571. The standard InChI is InChI=1S/C12H18BrN3O2/c1-8(2)15-11(17)4-5-14-12(18)10-6-9(13)7-16(10)3/h6-8H,4-5H2,1-3H3,(H,14,18)(H,15,17). The number of rotatable bonds is 5. The van der Waals surface area contributed by atoms with Gasteiger partial charge in [0.1, 0.15) is 5.69 Å². The summed E-state index contributed by atoms with van der Waals surface area (Å²) in [6, 6.07) is 1.86. The molecule has 0 aliphatic carbocycles. The van der Waals surface area contributed by atoms with E-state index in [1.54, 1.807) is 23.9 Å². The summed E-state index contributed by atoms with van der Waals surface area (Å²) in [4.78, 5) is 23.2. The van der Waals surface area contributed by atoms with E-state index < -0.39 is 0 Å². The van der Waals surface area contributed by atoms with Gasteiger partial charge in [0.15, 0.2) is 0 Å². The Labute approximate surface area is 115 Å². The van der Waals surface area contributed by atoms with Crippen LogP contribution in [-0.4, -0.2) is 29.0 Å². The zero-order chi connectivity index (χ0) is 13.7. The van der Waals surface area contributed by atoms with E-state index in [9.17, 15) is 9.59 Å². The number of nitrogens with one attached hydrogen (secondary N) is 2. The first-order valence-corrected chi connectivity index (χ1v) is 6.59. The SMILES string of the molecule is CC(C)NC(=O)CCNC(=O)c1cc(Br)cn1C. The number of carbonyl (C=O) groups excluding carboxylic acids is 2. The Kier molecular flexibility index (Phi) is 5.40. The van der Waals surface area contributed by atoms with Crippen molar-refractivity contribution in [2.45, 2.75) is 26.3 Å². The first kappa shape index (κ1) is 14.8. The monoisotopic (exact) mass is 315 g/mol. The van der Waals surface area contributed by atoms with Gasteiger partial charge in [-0.3, -0.25) is 9.59 Å². The van der Waals surface area contributed by atoms with Gasteiger partial charge in [0, 0.05) is 36.7 Å². The fraction of sp³-hybridized carbons (Fsp3) is 0.500. The highest BCUT2D eigenvalue weighted by atomic mass is 79.9. The van der Waals surface area contributed by atoms with Crippen molar-refractivity contribution in [1.29, 1.82) is 0 Å². The number of hydrogen-bond acceptors (Lipinski definition) is 2. The average molecular weight is 316 g/mol. The minimum Gasteiger partial charge on any atom is -0.354 e. The van der Waals surface area contributed by atoms with Crippen LogP contribution >= 0.6 is 15.9 Å². The molecular formula is C12H18BrN3O2. The smallest absolute Gasteiger partial charge is 0.267 e. The van der Waals surface area contributed by atoms with Gasteiger partial charge in [0.25, 0.3) is 5.91 Å². The lowest BCUT2D eigenvalue weighted by molar-refractivity contribution is -0.121. The Morgan fingerprint density at radius 1 is 1.44 bits per heavy atom. The first-order chi connectivity index (χ1) is 8.40. The third-order valence-corrected chi connectivity index (χ3v) is 2.73. The molecule has 0 fully saturated rings. The summed E-state index contributed by atoms with van der Waals surface area (Å²) in [5.74, 6) is -0.237. The fourth-order valence-corrected chi connectivity index (χ4v) is 2.05. The molecule has 0 aliphatic heterocycles. The van der Waals surface area contributed by atoms with Gasteiger partial charge in [-0.1, -0.05) is 0 Å². The van der Waals surface area contributed by atoms with E-state index in [1.165, 1.54) is 0 Å². The number of aromatic nitrogens is 1. The molecule has 0 aliphatic rings. The summed E-state index contributed by atoms with van der Waals surface area (Å²) in [6.07, 6.45) is 2.09. The van der Waals surface area contributed by atoms with Gasteiger partial charge in [-0.15, -0.1) is 0 Å². The average Bonchev–Trinajstić information content (AvgIpc) is 2.56. The molecule has 0 radical (unpaired) electrons. The lowest BCUT2D eigenvalue weighted by Gasteiger charge is -2.09. The Bertz CT molecular complexity index is 441. The number of amides is 2. The summed E-state index contributed by atoms with van der Waals surface area (Å²) >= 11 is 3.30. The van der Waals surface area contributed by atoms with Crippen molar-refractivity contribution in [3.05, 3.63) is 22.4 Å². The zero-order valence-corrected chi connectivity index (χ0v) is 12.4. The Balaban J connectivity index is 2.38. The molecule has 0 saturated heterocycles. The molecule has 1 heterocycles. The lowest BCUT2D eigenvalue weighted by atomic mass is 10.3. The summed E-state index contributed by atoms with van der Waals surface area (Å²) < 4.78 is 2.58. The predicted molar refractivity (Wildman–Crippen MR) is 73.3 cm³/mol. The summed E-state index contributed by atoms with van der Waals surface area (Å²) in [5.41, 5.74) is 0.561. The highest BCUT2D eigenvalue weighted by Crippen LogP contribution is 2.13. The van der Waals surface area contributed by atoms with Crippen LogP contribution in [0.2, 0.25) is 0 Å². The molecule has 0 bridgehead atoms. The van der Waals surface area contributed by atoms with E-state index in [0.717, 1.165) is 4.47 Å². The van der Waals surface area contributed by atoms with Crippen molar-refractivity contribution >= 4 is 27.7 Å². The highest BCUT2D eigenvalue weighted by Gasteiger charge is 2.11. The van der Waals surface area contributed by atoms with Crippen LogP contribution in [0.25, 0.3) is 0 Å². The minimum atomic E-state index is -0.180. The van der Waals surface area contributed by atoms with E-state index in [-0.39, 0.29) is 24.3 Å². The van der Waals surface area contributed by atoms with Gasteiger partial charge in [0.05, 0.1) is 0 Å². The number of carbonyl (C=O) groups is 2. The van der Waals surface area contributed by atoms with Crippen LogP contribution in [0.3, 0.4) is 0 Å². The maximum Gasteiger partial charge on any atom is 0.267 e. The van der Waals surface area contributed by atoms with E-state index in [1.807, 2.05) is 13.8 Å². The van der Waals surface area contributed by atoms with Crippen LogP contribution in [0.1, 0.15) is 30.8 Å². The normalized spacial score (nSPS) is 10.5. The molecule has 2 N–H and O–H groups in total. The molecular weight excluding hydrogens is 298 g/mol. The van der Waals surface area contributed by atoms with Gasteiger partial charge in [-0.05, 0) is 35.8 Å². The topological polar surface area (TPSA) is 63.1 Å². The molecule has 0 unspecified atom stereocenters. The third kappa shape index (κ3) is 4.52. The largest absolute Gasteiger partial charge is 0.354 e. The zero-order valence-electron chi connectivity index (χ0n) is 10.8. The number of aryl methyl sites for hydroxylation is 1. The van der Waals surface area contributed by atoms with Crippen LogP contribution < -0.4 is 10.6 Å². The van der Waals surface area contributed by atoms with Crippen molar-refractivity contribution in [2.75, 3.05) is 6.54 Å². The van der Waals surface area contributed by atoms with Gasteiger partial charge >= 0.3 is 0 Å². The summed E-state index contributed by atoms with van der Waals surface area (Å²) in [5, 5.41) is 5.48. The van der Waals surface area contributed by atoms with Crippen molar-refractivity contribution < 1.29 is 9.59 Å². The quantitative estimate of drug-likeness (QED) is 0.863. The van der Waals surface area contributed by atoms with E-state index >= 15 is 0 Å². The number of hydrogen-bond donors (Lipinski definition) is 2. The molecule has 0 aromatic carbocycles. The van der Waals surface area contributed by atoms with E-state index in [4.69, 9.17) is 0 Å². The van der Waals surface area contributed by atoms with Crippen molar-refractivity contribution in [3.8, 4) is 0 Å². The summed E-state index contributed by atoms with van der Waals surface area (Å²) in [6.45, 7) is 4.14. The van der Waals surface area contributed by atoms with Crippen molar-refractivity contribution in [2.24, 2.45) is 7.05 Å². The van der Waals surface area contributed by atoms with Gasteiger partial charge in [0.2, 0.25) is 5.91 Å². The van der Waals surface area contributed by atoms with Crippen LogP contribution in [-0.2, 0) is 11.8 Å². The second kappa shape index (κ2) is 6.58. The Hall–Kier alpha value is -1.30. The molecule has 0 saturated carbocycles. The molecule has 18 heavy (non-hydrogen) atoms. The van der Waals surface area contributed by atoms with Crippen LogP contribution in [0.15, 0.2) is 16.7 Å². The Morgan fingerprint density at radius 3 is 2.61 bits per heavy atom. The maximum absolute atomic E-state index is 11.8. The molecule has 6 heteroatoms. The second-order valence-corrected chi connectivity index (χ2v) is 5.30. The van der Waals surface area contributed by atoms with Gasteiger partial charge < -0.3 is 15.2 Å². The van der Waals surface area contributed by atoms with Crippen LogP contribution in [0.4, 0.5) is 0 Å². The van der Waals surface area contributed by atoms with Crippen LogP contribution in [0, 0.1) is 0 Å². The van der Waals surface area contributed by atoms with Gasteiger partial charge in [-0.2, -0.15) is 0 Å². The Morgan fingerprint density at radius 2 is 2.11 bits per heavy atom. The summed E-state index contributed by atoms with van der Waals surface area (Å²) in [7, 11) is 1.80.